The molecule has 1 aliphatic rings. The molecule has 0 saturated carbocycles. The molecule has 3 rings (SSSR count). The number of benzene rings is 1. The highest BCUT2D eigenvalue weighted by molar-refractivity contribution is 5.73. The fourth-order valence-electron chi connectivity index (χ4n) is 3.09. The topological polar surface area (TPSA) is 78.6 Å². The number of hydrogen-bond donors (Lipinski definition) is 2. The molecule has 122 valence electrons. The summed E-state index contributed by atoms with van der Waals surface area (Å²) in [6.07, 6.45) is 4.04. The van der Waals surface area contributed by atoms with Crippen molar-refractivity contribution in [1.82, 2.24) is 14.7 Å². The lowest BCUT2D eigenvalue weighted by Gasteiger charge is -2.35. The number of aliphatic carboxylic acids is 1. The van der Waals surface area contributed by atoms with Crippen LogP contribution in [0.5, 0.6) is 0 Å². The third-order valence-corrected chi connectivity index (χ3v) is 4.35. The van der Waals surface area contributed by atoms with Gasteiger partial charge >= 0.3 is 5.97 Å². The summed E-state index contributed by atoms with van der Waals surface area (Å²) >= 11 is 0. The van der Waals surface area contributed by atoms with Crippen molar-refractivity contribution in [2.45, 2.75) is 38.1 Å². The molecule has 0 bridgehead atoms. The first kappa shape index (κ1) is 15.7. The third kappa shape index (κ3) is 3.78. The lowest BCUT2D eigenvalue weighted by atomic mass is 9.97. The summed E-state index contributed by atoms with van der Waals surface area (Å²) in [5, 5.41) is 23.4. The average Bonchev–Trinajstić information content (AvgIpc) is 3.04. The number of rotatable bonds is 5. The molecular weight excluding hydrogens is 294 g/mol. The normalized spacial score (nSPS) is 22.1. The van der Waals surface area contributed by atoms with E-state index in [4.69, 9.17) is 0 Å². The zero-order valence-corrected chi connectivity index (χ0v) is 12.9. The van der Waals surface area contributed by atoms with E-state index in [0.29, 0.717) is 26.1 Å². The van der Waals surface area contributed by atoms with Crippen molar-refractivity contribution in [1.29, 1.82) is 0 Å². The molecule has 1 fully saturated rings. The van der Waals surface area contributed by atoms with Gasteiger partial charge in [-0.25, -0.2) is 0 Å². The molecule has 23 heavy (non-hydrogen) atoms. The van der Waals surface area contributed by atoms with Crippen molar-refractivity contribution >= 4 is 5.97 Å². The zero-order chi connectivity index (χ0) is 16.2. The number of aromatic nitrogens is 2. The second-order valence-electron chi connectivity index (χ2n) is 5.98. The quantitative estimate of drug-likeness (QED) is 0.870. The summed E-state index contributed by atoms with van der Waals surface area (Å²) in [5.74, 6) is -0.867. The number of hydrogen-bond acceptors (Lipinski definition) is 4. The van der Waals surface area contributed by atoms with E-state index in [-0.39, 0.29) is 6.42 Å². The van der Waals surface area contributed by atoms with Crippen LogP contribution in [0.15, 0.2) is 42.7 Å². The molecule has 6 nitrogen and oxygen atoms in total. The smallest absolute Gasteiger partial charge is 0.321 e. The Morgan fingerprint density at radius 1 is 1.22 bits per heavy atom. The third-order valence-electron chi connectivity index (χ3n) is 4.35. The molecule has 0 radical (unpaired) electrons. The maximum absolute atomic E-state index is 11.5. The molecular formula is C17H21N3O3. The summed E-state index contributed by atoms with van der Waals surface area (Å²) in [6, 6.07) is 9.29. The minimum absolute atomic E-state index is 0.288. The Hall–Kier alpha value is -2.18. The van der Waals surface area contributed by atoms with Crippen LogP contribution < -0.4 is 0 Å². The van der Waals surface area contributed by atoms with Gasteiger partial charge in [0.25, 0.3) is 0 Å². The minimum Gasteiger partial charge on any atom is -0.480 e. The summed E-state index contributed by atoms with van der Waals surface area (Å²) < 4.78 is 1.85. The van der Waals surface area contributed by atoms with E-state index in [1.165, 1.54) is 0 Å². The Morgan fingerprint density at radius 3 is 2.61 bits per heavy atom. The minimum atomic E-state index is -0.867. The Labute approximate surface area is 135 Å². The molecule has 2 atom stereocenters. The van der Waals surface area contributed by atoms with Gasteiger partial charge in [0, 0.05) is 25.5 Å². The van der Waals surface area contributed by atoms with Gasteiger partial charge in [-0.1, -0.05) is 24.3 Å². The van der Waals surface area contributed by atoms with Crippen molar-refractivity contribution in [3.8, 4) is 0 Å². The number of aliphatic hydroxyl groups is 1. The van der Waals surface area contributed by atoms with E-state index < -0.39 is 18.1 Å². The molecule has 1 aromatic heterocycles. The van der Waals surface area contributed by atoms with E-state index in [1.54, 1.807) is 6.20 Å². The molecule has 0 unspecified atom stereocenters. The molecule has 0 amide bonds. The van der Waals surface area contributed by atoms with Crippen LogP contribution in [0, 0.1) is 0 Å². The van der Waals surface area contributed by atoms with E-state index >= 15 is 0 Å². The van der Waals surface area contributed by atoms with Gasteiger partial charge in [-0.05, 0) is 30.0 Å². The molecule has 0 spiro atoms. The lowest BCUT2D eigenvalue weighted by Crippen LogP contribution is -2.48. The maximum Gasteiger partial charge on any atom is 0.321 e. The van der Waals surface area contributed by atoms with Crippen LogP contribution >= 0.6 is 0 Å². The largest absolute Gasteiger partial charge is 0.480 e. The molecule has 0 aliphatic carbocycles. The molecule has 1 aromatic carbocycles. The van der Waals surface area contributed by atoms with Crippen LogP contribution in [0.3, 0.4) is 0 Å². The monoisotopic (exact) mass is 315 g/mol. The van der Waals surface area contributed by atoms with E-state index in [9.17, 15) is 15.0 Å². The van der Waals surface area contributed by atoms with Gasteiger partial charge in [0.15, 0.2) is 0 Å². The Balaban J connectivity index is 1.78. The zero-order valence-electron chi connectivity index (χ0n) is 12.9. The first-order chi connectivity index (χ1) is 11.1. The summed E-state index contributed by atoms with van der Waals surface area (Å²) in [6.45, 7) is 1.83. The van der Waals surface area contributed by atoms with Gasteiger partial charge in [-0.3, -0.25) is 14.4 Å². The number of carboxylic acids is 1. The van der Waals surface area contributed by atoms with Crippen molar-refractivity contribution in [2.75, 3.05) is 6.54 Å². The van der Waals surface area contributed by atoms with Crippen LogP contribution in [0.2, 0.25) is 0 Å². The number of carboxylic acid groups (broad SMARTS) is 1. The Bertz CT molecular complexity index is 657. The second kappa shape index (κ2) is 6.93. The molecule has 2 heterocycles. The molecule has 2 N–H and O–H groups in total. The highest BCUT2D eigenvalue weighted by Crippen LogP contribution is 2.22. The van der Waals surface area contributed by atoms with Crippen LogP contribution in [0.1, 0.15) is 24.0 Å². The van der Waals surface area contributed by atoms with Crippen LogP contribution in [-0.2, 0) is 17.9 Å². The molecule has 2 aromatic rings. The lowest BCUT2D eigenvalue weighted by molar-refractivity contribution is -0.147. The number of carbonyl (C=O) groups is 1. The maximum atomic E-state index is 11.5. The molecule has 6 heteroatoms. The second-order valence-corrected chi connectivity index (χ2v) is 5.98. The van der Waals surface area contributed by atoms with Crippen molar-refractivity contribution < 1.29 is 15.0 Å². The number of aliphatic hydroxyl groups excluding tert-OH is 1. The SMILES string of the molecule is O=C(O)[C@@H]1C[C@H](O)CCN1Cc1ccccc1Cn1cccn1. The van der Waals surface area contributed by atoms with Crippen molar-refractivity contribution in [3.63, 3.8) is 0 Å². The summed E-state index contributed by atoms with van der Waals surface area (Å²) in [4.78, 5) is 13.4. The van der Waals surface area contributed by atoms with Gasteiger partial charge in [-0.2, -0.15) is 5.10 Å². The van der Waals surface area contributed by atoms with Crippen molar-refractivity contribution in [2.24, 2.45) is 0 Å². The highest BCUT2D eigenvalue weighted by atomic mass is 16.4. The average molecular weight is 315 g/mol. The van der Waals surface area contributed by atoms with E-state index in [2.05, 4.69) is 5.10 Å². The van der Waals surface area contributed by atoms with Gasteiger partial charge in [-0.15, -0.1) is 0 Å². The fraction of sp³-hybridized carbons (Fsp3) is 0.412. The van der Waals surface area contributed by atoms with Gasteiger partial charge in [0.2, 0.25) is 0 Å². The highest BCUT2D eigenvalue weighted by Gasteiger charge is 2.32. The first-order valence-corrected chi connectivity index (χ1v) is 7.82. The van der Waals surface area contributed by atoms with Crippen LogP contribution in [0.25, 0.3) is 0 Å². The van der Waals surface area contributed by atoms with E-state index in [0.717, 1.165) is 11.1 Å². The molecule has 1 aliphatic heterocycles. The predicted molar refractivity (Wildman–Crippen MR) is 84.8 cm³/mol. The van der Waals surface area contributed by atoms with Crippen LogP contribution in [0.4, 0.5) is 0 Å². The first-order valence-electron chi connectivity index (χ1n) is 7.82. The standard InChI is InChI=1S/C17H21N3O3/c21-15-6-9-19(16(10-15)17(22)23)11-13-4-1-2-5-14(13)12-20-8-3-7-18-20/h1-5,7-8,15-16,21H,6,9-12H2,(H,22,23)/t15-,16+/m1/s1. The van der Waals surface area contributed by atoms with Gasteiger partial charge in [0.1, 0.15) is 6.04 Å². The summed E-state index contributed by atoms with van der Waals surface area (Å²) in [5.41, 5.74) is 2.23. The summed E-state index contributed by atoms with van der Waals surface area (Å²) in [7, 11) is 0. The number of nitrogens with zero attached hydrogens (tertiary/aromatic N) is 3. The molecule has 1 saturated heterocycles. The van der Waals surface area contributed by atoms with Crippen LogP contribution in [-0.4, -0.2) is 49.6 Å². The fourth-order valence-corrected chi connectivity index (χ4v) is 3.09. The Kier molecular flexibility index (Phi) is 4.73. The number of piperidine rings is 1. The Morgan fingerprint density at radius 2 is 1.96 bits per heavy atom. The van der Waals surface area contributed by atoms with Gasteiger partial charge in [0.05, 0.1) is 12.6 Å². The van der Waals surface area contributed by atoms with Crippen molar-refractivity contribution in [3.05, 3.63) is 53.9 Å². The van der Waals surface area contributed by atoms with Gasteiger partial charge < -0.3 is 10.2 Å². The van der Waals surface area contributed by atoms with E-state index in [1.807, 2.05) is 46.1 Å². The number of likely N-dealkylation sites (tertiary alicyclic amines) is 1. The predicted octanol–water partition coefficient (Wildman–Crippen LogP) is 1.34.